The molecule has 0 aliphatic carbocycles. The molecule has 0 bridgehead atoms. The van der Waals surface area contributed by atoms with Crippen molar-refractivity contribution in [3.8, 4) is 0 Å². The first kappa shape index (κ1) is 11.3. The minimum atomic E-state index is -0.270. The topological polar surface area (TPSA) is 50.8 Å². The van der Waals surface area contributed by atoms with Crippen molar-refractivity contribution in [1.29, 1.82) is 0 Å². The Morgan fingerprint density at radius 3 is 3.12 bits per heavy atom. The zero-order valence-corrected chi connectivity index (χ0v) is 10.1. The molecule has 3 fully saturated rings. The molecule has 96 valence electrons. The van der Waals surface area contributed by atoms with Gasteiger partial charge in [0.05, 0.1) is 19.2 Å². The van der Waals surface area contributed by atoms with E-state index in [4.69, 9.17) is 9.47 Å². The molecule has 1 amide bonds. The van der Waals surface area contributed by atoms with Crippen LogP contribution in [0.2, 0.25) is 0 Å². The molecule has 0 aromatic heterocycles. The van der Waals surface area contributed by atoms with Crippen LogP contribution in [0.4, 0.5) is 4.79 Å². The number of rotatable bonds is 2. The number of ether oxygens (including phenoxy) is 2. The smallest absolute Gasteiger partial charge is 0.410 e. The maximum absolute atomic E-state index is 11.9. The molecule has 1 spiro atoms. The number of nitrogens with zero attached hydrogens (tertiary/aromatic N) is 1. The quantitative estimate of drug-likeness (QED) is 0.773. The van der Waals surface area contributed by atoms with Crippen molar-refractivity contribution in [1.82, 2.24) is 10.2 Å². The zero-order valence-electron chi connectivity index (χ0n) is 10.1. The fourth-order valence-corrected chi connectivity index (χ4v) is 3.03. The standard InChI is InChI=1S/C12H20N2O3/c15-11-14(7-10-3-1-6-16-10)9-12(17-11)4-2-5-13-8-12/h10,13H,1-9H2. The molecular formula is C12H20N2O3. The lowest BCUT2D eigenvalue weighted by atomic mass is 9.94. The Bertz CT molecular complexity index is 296. The van der Waals surface area contributed by atoms with E-state index in [-0.39, 0.29) is 17.8 Å². The van der Waals surface area contributed by atoms with Crippen molar-refractivity contribution in [3.05, 3.63) is 0 Å². The summed E-state index contributed by atoms with van der Waals surface area (Å²) in [7, 11) is 0. The van der Waals surface area contributed by atoms with Crippen molar-refractivity contribution in [2.45, 2.75) is 37.4 Å². The van der Waals surface area contributed by atoms with Crippen LogP contribution in [0, 0.1) is 0 Å². The maximum Gasteiger partial charge on any atom is 0.410 e. The van der Waals surface area contributed by atoms with Gasteiger partial charge in [0.2, 0.25) is 0 Å². The number of amides is 1. The Hall–Kier alpha value is -0.810. The van der Waals surface area contributed by atoms with E-state index in [0.717, 1.165) is 51.9 Å². The number of nitrogens with one attached hydrogen (secondary N) is 1. The lowest BCUT2D eigenvalue weighted by Gasteiger charge is -2.31. The second-order valence-electron chi connectivity index (χ2n) is 5.35. The van der Waals surface area contributed by atoms with Crippen molar-refractivity contribution >= 4 is 6.09 Å². The van der Waals surface area contributed by atoms with Gasteiger partial charge in [-0.1, -0.05) is 0 Å². The number of carbonyl (C=O) groups is 1. The predicted molar refractivity (Wildman–Crippen MR) is 61.9 cm³/mol. The van der Waals surface area contributed by atoms with Gasteiger partial charge in [-0.05, 0) is 32.2 Å². The van der Waals surface area contributed by atoms with Gasteiger partial charge in [-0.2, -0.15) is 0 Å². The van der Waals surface area contributed by atoms with Gasteiger partial charge in [0, 0.05) is 13.2 Å². The van der Waals surface area contributed by atoms with Crippen LogP contribution in [0.15, 0.2) is 0 Å². The second kappa shape index (κ2) is 4.46. The number of hydrogen-bond acceptors (Lipinski definition) is 4. The first-order chi connectivity index (χ1) is 8.27. The van der Waals surface area contributed by atoms with Gasteiger partial charge >= 0.3 is 6.09 Å². The van der Waals surface area contributed by atoms with Crippen molar-refractivity contribution in [3.63, 3.8) is 0 Å². The molecule has 3 saturated heterocycles. The highest BCUT2D eigenvalue weighted by Gasteiger charge is 2.46. The highest BCUT2D eigenvalue weighted by atomic mass is 16.6. The van der Waals surface area contributed by atoms with Gasteiger partial charge in [-0.25, -0.2) is 4.79 Å². The van der Waals surface area contributed by atoms with Gasteiger partial charge < -0.3 is 19.7 Å². The van der Waals surface area contributed by atoms with Gasteiger partial charge in [-0.15, -0.1) is 0 Å². The molecular weight excluding hydrogens is 220 g/mol. The molecule has 3 aliphatic heterocycles. The van der Waals surface area contributed by atoms with E-state index >= 15 is 0 Å². The molecule has 1 N–H and O–H groups in total. The molecule has 3 heterocycles. The largest absolute Gasteiger partial charge is 0.440 e. The van der Waals surface area contributed by atoms with E-state index in [9.17, 15) is 4.79 Å². The third-order valence-electron chi connectivity index (χ3n) is 3.92. The molecule has 5 heteroatoms. The summed E-state index contributed by atoms with van der Waals surface area (Å²) in [4.78, 5) is 13.7. The summed E-state index contributed by atoms with van der Waals surface area (Å²) in [6.45, 7) is 4.07. The van der Waals surface area contributed by atoms with Crippen LogP contribution in [0.1, 0.15) is 25.7 Å². The van der Waals surface area contributed by atoms with Crippen LogP contribution in [-0.2, 0) is 9.47 Å². The number of hydrogen-bond donors (Lipinski definition) is 1. The van der Waals surface area contributed by atoms with Crippen LogP contribution >= 0.6 is 0 Å². The summed E-state index contributed by atoms with van der Waals surface area (Å²) < 4.78 is 11.2. The highest BCUT2D eigenvalue weighted by Crippen LogP contribution is 2.30. The average Bonchev–Trinajstić information content (AvgIpc) is 2.91. The predicted octanol–water partition coefficient (Wildman–Crippen LogP) is 0.740. The lowest BCUT2D eigenvalue weighted by Crippen LogP contribution is -2.48. The Morgan fingerprint density at radius 2 is 2.41 bits per heavy atom. The number of carbonyl (C=O) groups excluding carboxylic acids is 1. The fourth-order valence-electron chi connectivity index (χ4n) is 3.03. The van der Waals surface area contributed by atoms with Crippen LogP contribution < -0.4 is 5.32 Å². The van der Waals surface area contributed by atoms with Crippen molar-refractivity contribution in [2.75, 3.05) is 32.8 Å². The summed E-state index contributed by atoms with van der Waals surface area (Å²) in [5.74, 6) is 0. The summed E-state index contributed by atoms with van der Waals surface area (Å²) in [5.41, 5.74) is -0.270. The zero-order chi connectivity index (χ0) is 11.7. The van der Waals surface area contributed by atoms with Gasteiger partial charge in [0.1, 0.15) is 5.60 Å². The second-order valence-corrected chi connectivity index (χ2v) is 5.35. The Kier molecular flexibility index (Phi) is 2.96. The monoisotopic (exact) mass is 240 g/mol. The van der Waals surface area contributed by atoms with Gasteiger partial charge in [-0.3, -0.25) is 0 Å². The molecule has 17 heavy (non-hydrogen) atoms. The summed E-state index contributed by atoms with van der Waals surface area (Å²) in [5, 5.41) is 3.32. The van der Waals surface area contributed by atoms with Gasteiger partial charge in [0.15, 0.2) is 0 Å². The van der Waals surface area contributed by atoms with E-state index in [2.05, 4.69) is 5.32 Å². The first-order valence-corrected chi connectivity index (χ1v) is 6.58. The molecule has 0 aromatic carbocycles. The molecule has 0 radical (unpaired) electrons. The third kappa shape index (κ3) is 2.26. The average molecular weight is 240 g/mol. The minimum absolute atomic E-state index is 0.163. The van der Waals surface area contributed by atoms with E-state index < -0.39 is 0 Å². The van der Waals surface area contributed by atoms with Crippen LogP contribution in [0.25, 0.3) is 0 Å². The fraction of sp³-hybridized carbons (Fsp3) is 0.917. The van der Waals surface area contributed by atoms with E-state index in [1.807, 2.05) is 4.90 Å². The van der Waals surface area contributed by atoms with Crippen LogP contribution in [-0.4, -0.2) is 55.5 Å². The Labute approximate surface area is 101 Å². The van der Waals surface area contributed by atoms with Crippen LogP contribution in [0.5, 0.6) is 0 Å². The molecule has 0 aromatic rings. The van der Waals surface area contributed by atoms with Crippen molar-refractivity contribution in [2.24, 2.45) is 0 Å². The molecule has 5 nitrogen and oxygen atoms in total. The third-order valence-corrected chi connectivity index (χ3v) is 3.92. The number of piperidine rings is 1. The molecule has 3 aliphatic rings. The molecule has 0 saturated carbocycles. The highest BCUT2D eigenvalue weighted by molar-refractivity contribution is 5.70. The Balaban J connectivity index is 1.60. The maximum atomic E-state index is 11.9. The molecule has 2 atom stereocenters. The van der Waals surface area contributed by atoms with Crippen LogP contribution in [0.3, 0.4) is 0 Å². The normalized spacial score (nSPS) is 37.8. The Morgan fingerprint density at radius 1 is 1.47 bits per heavy atom. The molecule has 3 rings (SSSR count). The SMILES string of the molecule is O=C1OC2(CCCNC2)CN1CC1CCCO1. The summed E-state index contributed by atoms with van der Waals surface area (Å²) in [6, 6.07) is 0. The van der Waals surface area contributed by atoms with Crippen molar-refractivity contribution < 1.29 is 14.3 Å². The summed E-state index contributed by atoms with van der Waals surface area (Å²) in [6.07, 6.45) is 4.29. The molecule has 2 unspecified atom stereocenters. The van der Waals surface area contributed by atoms with E-state index in [1.165, 1.54) is 0 Å². The van der Waals surface area contributed by atoms with E-state index in [0.29, 0.717) is 6.54 Å². The van der Waals surface area contributed by atoms with Gasteiger partial charge in [0.25, 0.3) is 0 Å². The minimum Gasteiger partial charge on any atom is -0.440 e. The lowest BCUT2D eigenvalue weighted by molar-refractivity contribution is 0.0366. The first-order valence-electron chi connectivity index (χ1n) is 6.58. The van der Waals surface area contributed by atoms with E-state index in [1.54, 1.807) is 0 Å². The summed E-state index contributed by atoms with van der Waals surface area (Å²) >= 11 is 0.